The van der Waals surface area contributed by atoms with Gasteiger partial charge in [-0.1, -0.05) is 44.2 Å². The van der Waals surface area contributed by atoms with Crippen molar-refractivity contribution in [2.24, 2.45) is 5.92 Å². The fraction of sp³-hybridized carbons (Fsp3) is 0.625. The van der Waals surface area contributed by atoms with Crippen molar-refractivity contribution in [3.8, 4) is 5.75 Å². The molecule has 3 heteroatoms. The molecule has 1 aromatic rings. The van der Waals surface area contributed by atoms with Gasteiger partial charge >= 0.3 is 0 Å². The Morgan fingerprint density at radius 2 is 2.05 bits per heavy atom. The molecule has 0 saturated heterocycles. The van der Waals surface area contributed by atoms with Crippen LogP contribution < -0.4 is 4.74 Å². The Kier molecular flexibility index (Phi) is 5.20. The molecule has 0 radical (unpaired) electrons. The highest BCUT2D eigenvalue weighted by Gasteiger charge is 2.19. The average molecular weight is 266 g/mol. The molecule has 1 unspecified atom stereocenters. The number of aliphatic hydroxyl groups excluding tert-OH is 1. The molecule has 19 heavy (non-hydrogen) atoms. The molecule has 0 heterocycles. The van der Waals surface area contributed by atoms with Crippen molar-refractivity contribution >= 4 is 0 Å². The van der Waals surface area contributed by atoms with E-state index in [1.807, 2.05) is 0 Å². The van der Waals surface area contributed by atoms with Crippen LogP contribution in [0.25, 0.3) is 0 Å². The number of rotatable bonds is 5. The van der Waals surface area contributed by atoms with Gasteiger partial charge in [0, 0.05) is 6.42 Å². The first kappa shape index (κ1) is 14.3. The maximum atomic E-state index is 14.0. The lowest BCUT2D eigenvalue weighted by molar-refractivity contribution is 0.129. The maximum Gasteiger partial charge on any atom is 0.168 e. The van der Waals surface area contributed by atoms with Crippen LogP contribution in [-0.4, -0.2) is 18.3 Å². The van der Waals surface area contributed by atoms with Crippen molar-refractivity contribution in [3.63, 3.8) is 0 Å². The largest absolute Gasteiger partial charge is 0.494 e. The zero-order valence-corrected chi connectivity index (χ0v) is 11.6. The van der Waals surface area contributed by atoms with Gasteiger partial charge in [-0.05, 0) is 24.0 Å². The summed E-state index contributed by atoms with van der Waals surface area (Å²) in [6.45, 7) is 0. The van der Waals surface area contributed by atoms with Crippen LogP contribution in [0.4, 0.5) is 4.39 Å². The summed E-state index contributed by atoms with van der Waals surface area (Å²) < 4.78 is 18.9. The first-order valence-corrected chi connectivity index (χ1v) is 7.20. The second-order valence-corrected chi connectivity index (χ2v) is 5.53. The van der Waals surface area contributed by atoms with Crippen molar-refractivity contribution in [3.05, 3.63) is 29.6 Å². The van der Waals surface area contributed by atoms with Crippen molar-refractivity contribution in [2.45, 2.75) is 51.0 Å². The van der Waals surface area contributed by atoms with Gasteiger partial charge in [-0.15, -0.1) is 0 Å². The van der Waals surface area contributed by atoms with E-state index in [9.17, 15) is 9.50 Å². The molecule has 2 rings (SSSR count). The lowest BCUT2D eigenvalue weighted by Gasteiger charge is -2.24. The summed E-state index contributed by atoms with van der Waals surface area (Å²) >= 11 is 0. The zero-order valence-electron chi connectivity index (χ0n) is 11.6. The van der Waals surface area contributed by atoms with Crippen LogP contribution in [-0.2, 0) is 6.42 Å². The SMILES string of the molecule is COc1cccc(CC(O)CC2CCCCC2)c1F. The number of ether oxygens (including phenoxy) is 1. The Bertz CT molecular complexity index is 400. The van der Waals surface area contributed by atoms with Crippen LogP contribution >= 0.6 is 0 Å². The minimum atomic E-state index is -0.454. The second kappa shape index (κ2) is 6.90. The van der Waals surface area contributed by atoms with Gasteiger partial charge in [0.2, 0.25) is 0 Å². The number of hydrogen-bond donors (Lipinski definition) is 1. The van der Waals surface area contributed by atoms with Crippen LogP contribution in [0, 0.1) is 11.7 Å². The Labute approximate surface area is 114 Å². The number of aliphatic hydroxyl groups is 1. The summed E-state index contributed by atoms with van der Waals surface area (Å²) in [5, 5.41) is 10.1. The number of benzene rings is 1. The molecule has 2 nitrogen and oxygen atoms in total. The molecule has 1 N–H and O–H groups in total. The van der Waals surface area contributed by atoms with Crippen LogP contribution in [0.3, 0.4) is 0 Å². The summed E-state index contributed by atoms with van der Waals surface area (Å²) in [6.07, 6.45) is 6.98. The minimum absolute atomic E-state index is 0.252. The Morgan fingerprint density at radius 3 is 2.74 bits per heavy atom. The van der Waals surface area contributed by atoms with Gasteiger partial charge in [-0.3, -0.25) is 0 Å². The molecule has 0 aromatic heterocycles. The van der Waals surface area contributed by atoms with Gasteiger partial charge in [0.25, 0.3) is 0 Å². The smallest absolute Gasteiger partial charge is 0.168 e. The Hall–Kier alpha value is -1.09. The monoisotopic (exact) mass is 266 g/mol. The van der Waals surface area contributed by atoms with Crippen molar-refractivity contribution in [1.82, 2.24) is 0 Å². The van der Waals surface area contributed by atoms with Gasteiger partial charge in [0.1, 0.15) is 0 Å². The quantitative estimate of drug-likeness (QED) is 0.880. The molecule has 1 aliphatic rings. The molecular weight excluding hydrogens is 243 g/mol. The van der Waals surface area contributed by atoms with Crippen molar-refractivity contribution in [2.75, 3.05) is 7.11 Å². The van der Waals surface area contributed by atoms with E-state index in [1.54, 1.807) is 18.2 Å². The summed E-state index contributed by atoms with van der Waals surface area (Å²) in [5.41, 5.74) is 0.544. The molecule has 1 aromatic carbocycles. The summed E-state index contributed by atoms with van der Waals surface area (Å²) in [5.74, 6) is 0.521. The van der Waals surface area contributed by atoms with Gasteiger partial charge in [0.15, 0.2) is 11.6 Å². The minimum Gasteiger partial charge on any atom is -0.494 e. The fourth-order valence-corrected chi connectivity index (χ4v) is 3.02. The third-order valence-electron chi connectivity index (χ3n) is 4.05. The van der Waals surface area contributed by atoms with Crippen LogP contribution in [0.5, 0.6) is 5.75 Å². The molecular formula is C16H23FO2. The average Bonchev–Trinajstić information content (AvgIpc) is 2.42. The third-order valence-corrected chi connectivity index (χ3v) is 4.05. The molecule has 1 atom stereocenters. The van der Waals surface area contributed by atoms with E-state index in [-0.39, 0.29) is 11.6 Å². The maximum absolute atomic E-state index is 14.0. The molecule has 1 saturated carbocycles. The molecule has 1 aliphatic carbocycles. The number of hydrogen-bond acceptors (Lipinski definition) is 2. The topological polar surface area (TPSA) is 29.5 Å². The standard InChI is InChI=1S/C16H23FO2/c1-19-15-9-5-8-13(16(15)17)11-14(18)10-12-6-3-2-4-7-12/h5,8-9,12,14,18H,2-4,6-7,10-11H2,1H3. The van der Waals surface area contributed by atoms with E-state index in [0.717, 1.165) is 6.42 Å². The summed E-state index contributed by atoms with van der Waals surface area (Å²) in [4.78, 5) is 0. The molecule has 0 aliphatic heterocycles. The first-order valence-electron chi connectivity index (χ1n) is 7.20. The lowest BCUT2D eigenvalue weighted by atomic mass is 9.84. The first-order chi connectivity index (χ1) is 9.20. The lowest BCUT2D eigenvalue weighted by Crippen LogP contribution is -2.18. The third kappa shape index (κ3) is 3.93. The summed E-state index contributed by atoms with van der Waals surface area (Å²) in [7, 11) is 1.46. The molecule has 0 spiro atoms. The molecule has 106 valence electrons. The van der Waals surface area contributed by atoms with Crippen molar-refractivity contribution < 1.29 is 14.2 Å². The molecule has 0 bridgehead atoms. The van der Waals surface area contributed by atoms with Crippen LogP contribution in [0.1, 0.15) is 44.1 Å². The highest BCUT2D eigenvalue weighted by molar-refractivity contribution is 5.31. The fourth-order valence-electron chi connectivity index (χ4n) is 3.02. The predicted molar refractivity (Wildman–Crippen MR) is 73.9 cm³/mol. The predicted octanol–water partition coefficient (Wildman–Crippen LogP) is 3.71. The second-order valence-electron chi connectivity index (χ2n) is 5.53. The van der Waals surface area contributed by atoms with E-state index in [1.165, 1.54) is 39.2 Å². The normalized spacial score (nSPS) is 18.3. The Balaban J connectivity index is 1.92. The number of methoxy groups -OCH3 is 1. The van der Waals surface area contributed by atoms with E-state index in [2.05, 4.69) is 0 Å². The Morgan fingerprint density at radius 1 is 1.32 bits per heavy atom. The zero-order chi connectivity index (χ0) is 13.7. The van der Waals surface area contributed by atoms with Crippen LogP contribution in [0.2, 0.25) is 0 Å². The van der Waals surface area contributed by atoms with Gasteiger partial charge in [-0.2, -0.15) is 0 Å². The number of halogens is 1. The molecule has 0 amide bonds. The molecule has 1 fully saturated rings. The summed E-state index contributed by atoms with van der Waals surface area (Å²) in [6, 6.07) is 5.10. The van der Waals surface area contributed by atoms with Crippen LogP contribution in [0.15, 0.2) is 18.2 Å². The van der Waals surface area contributed by atoms with Gasteiger partial charge in [0.05, 0.1) is 13.2 Å². The van der Waals surface area contributed by atoms with Crippen molar-refractivity contribution in [1.29, 1.82) is 0 Å². The van der Waals surface area contributed by atoms with E-state index in [4.69, 9.17) is 4.74 Å². The van der Waals surface area contributed by atoms with E-state index < -0.39 is 6.10 Å². The highest BCUT2D eigenvalue weighted by atomic mass is 19.1. The van der Waals surface area contributed by atoms with E-state index >= 15 is 0 Å². The highest BCUT2D eigenvalue weighted by Crippen LogP contribution is 2.29. The van der Waals surface area contributed by atoms with Gasteiger partial charge < -0.3 is 9.84 Å². The van der Waals surface area contributed by atoms with E-state index in [0.29, 0.717) is 17.9 Å². The van der Waals surface area contributed by atoms with Gasteiger partial charge in [-0.25, -0.2) is 4.39 Å².